The van der Waals surface area contributed by atoms with Gasteiger partial charge in [-0.05, 0) is 0 Å². The Labute approximate surface area is 101 Å². The highest BCUT2D eigenvalue weighted by atomic mass is 32.2. The van der Waals surface area contributed by atoms with E-state index in [9.17, 15) is 19.2 Å². The van der Waals surface area contributed by atoms with E-state index in [4.69, 9.17) is 5.11 Å². The molecular weight excluding hydrogens is 248 g/mol. The van der Waals surface area contributed by atoms with Crippen LogP contribution in [0.4, 0.5) is 0 Å². The number of ketones is 1. The molecule has 2 unspecified atom stereocenters. The SMILES string of the molecule is CC(=O)NC1C(=O)N2C(C(=O)O)C(=O)CS[C@@H]12. The van der Waals surface area contributed by atoms with E-state index in [0.29, 0.717) is 0 Å². The van der Waals surface area contributed by atoms with Gasteiger partial charge in [-0.15, -0.1) is 11.8 Å². The summed E-state index contributed by atoms with van der Waals surface area (Å²) < 4.78 is 0. The van der Waals surface area contributed by atoms with Crippen molar-refractivity contribution in [2.75, 3.05) is 5.75 Å². The Bertz CT molecular complexity index is 424. The van der Waals surface area contributed by atoms with Gasteiger partial charge in [-0.25, -0.2) is 4.79 Å². The molecule has 17 heavy (non-hydrogen) atoms. The summed E-state index contributed by atoms with van der Waals surface area (Å²) in [5, 5.41) is 10.9. The lowest BCUT2D eigenvalue weighted by Gasteiger charge is -2.50. The van der Waals surface area contributed by atoms with Gasteiger partial charge < -0.3 is 15.3 Å². The average Bonchev–Trinajstić information content (AvgIpc) is 2.24. The van der Waals surface area contributed by atoms with Crippen LogP contribution in [0.15, 0.2) is 0 Å². The number of hydrogen-bond acceptors (Lipinski definition) is 5. The molecule has 0 aliphatic carbocycles. The van der Waals surface area contributed by atoms with E-state index in [-0.39, 0.29) is 11.7 Å². The van der Waals surface area contributed by atoms with Crippen LogP contribution in [-0.4, -0.2) is 56.8 Å². The largest absolute Gasteiger partial charge is 0.479 e. The van der Waals surface area contributed by atoms with E-state index >= 15 is 0 Å². The van der Waals surface area contributed by atoms with Gasteiger partial charge in [-0.2, -0.15) is 0 Å². The second kappa shape index (κ2) is 4.02. The van der Waals surface area contributed by atoms with E-state index in [1.807, 2.05) is 0 Å². The molecule has 2 heterocycles. The number of hydrogen-bond donors (Lipinski definition) is 2. The molecule has 2 N–H and O–H groups in total. The molecule has 8 heteroatoms. The topological polar surface area (TPSA) is 104 Å². The number of carboxylic acids is 1. The number of amides is 2. The van der Waals surface area contributed by atoms with Gasteiger partial charge in [0, 0.05) is 6.92 Å². The van der Waals surface area contributed by atoms with Gasteiger partial charge in [0.15, 0.2) is 11.8 Å². The van der Waals surface area contributed by atoms with Crippen LogP contribution in [0, 0.1) is 0 Å². The average molecular weight is 258 g/mol. The van der Waals surface area contributed by atoms with Crippen LogP contribution in [0.1, 0.15) is 6.92 Å². The first-order chi connectivity index (χ1) is 7.93. The van der Waals surface area contributed by atoms with Crippen molar-refractivity contribution in [3.05, 3.63) is 0 Å². The third-order valence-electron chi connectivity index (χ3n) is 2.65. The maximum absolute atomic E-state index is 11.7. The fourth-order valence-electron chi connectivity index (χ4n) is 1.95. The summed E-state index contributed by atoms with van der Waals surface area (Å²) in [4.78, 5) is 45.9. The first-order valence-corrected chi connectivity index (χ1v) is 5.94. The number of β-lactam (4-membered cyclic amide) rings is 1. The molecule has 2 amide bonds. The lowest BCUT2D eigenvalue weighted by Crippen LogP contribution is -2.75. The number of fused-ring (bicyclic) bond motifs is 1. The van der Waals surface area contributed by atoms with Crippen molar-refractivity contribution < 1.29 is 24.3 Å². The number of thioether (sulfide) groups is 1. The van der Waals surface area contributed by atoms with E-state index in [0.717, 1.165) is 4.90 Å². The molecular formula is C9H10N2O5S. The molecule has 2 aliphatic rings. The molecule has 92 valence electrons. The summed E-state index contributed by atoms with van der Waals surface area (Å²) >= 11 is 1.17. The minimum absolute atomic E-state index is 0.0432. The van der Waals surface area contributed by atoms with Crippen molar-refractivity contribution >= 4 is 35.3 Å². The lowest BCUT2D eigenvalue weighted by atomic mass is 10.0. The van der Waals surface area contributed by atoms with Crippen molar-refractivity contribution in [3.63, 3.8) is 0 Å². The van der Waals surface area contributed by atoms with Crippen molar-refractivity contribution in [3.8, 4) is 0 Å². The smallest absolute Gasteiger partial charge is 0.334 e. The minimum atomic E-state index is -1.40. The van der Waals surface area contributed by atoms with E-state index < -0.39 is 35.1 Å². The Morgan fingerprint density at radius 1 is 1.47 bits per heavy atom. The normalized spacial score (nSPS) is 31.6. The van der Waals surface area contributed by atoms with Crippen molar-refractivity contribution in [2.45, 2.75) is 24.4 Å². The second-order valence-corrected chi connectivity index (χ2v) is 4.94. The highest BCUT2D eigenvalue weighted by molar-refractivity contribution is 8.00. The van der Waals surface area contributed by atoms with E-state index in [2.05, 4.69) is 5.32 Å². The minimum Gasteiger partial charge on any atom is -0.479 e. The van der Waals surface area contributed by atoms with Crippen LogP contribution in [0.3, 0.4) is 0 Å². The first-order valence-electron chi connectivity index (χ1n) is 4.90. The second-order valence-electron chi connectivity index (χ2n) is 3.83. The summed E-state index contributed by atoms with van der Waals surface area (Å²) in [5.74, 6) is -2.64. The van der Waals surface area contributed by atoms with Crippen molar-refractivity contribution in [1.29, 1.82) is 0 Å². The number of nitrogens with zero attached hydrogens (tertiary/aromatic N) is 1. The molecule has 0 spiro atoms. The predicted molar refractivity (Wildman–Crippen MR) is 57.1 cm³/mol. The van der Waals surface area contributed by atoms with Crippen LogP contribution in [0.2, 0.25) is 0 Å². The summed E-state index contributed by atoms with van der Waals surface area (Å²) in [5.41, 5.74) is 0. The molecule has 2 fully saturated rings. The van der Waals surface area contributed by atoms with Gasteiger partial charge in [-0.1, -0.05) is 0 Å². The Kier molecular flexibility index (Phi) is 2.82. The summed E-state index contributed by atoms with van der Waals surface area (Å²) in [6.45, 7) is 1.28. The van der Waals surface area contributed by atoms with Crippen LogP contribution in [-0.2, 0) is 19.2 Å². The number of Topliss-reactive ketones (excluding diaryl/α,β-unsaturated/α-hetero) is 1. The zero-order valence-corrected chi connectivity index (χ0v) is 9.69. The van der Waals surface area contributed by atoms with Crippen LogP contribution >= 0.6 is 11.8 Å². The first kappa shape index (κ1) is 11.9. The molecule has 0 aromatic heterocycles. The highest BCUT2D eigenvalue weighted by Crippen LogP contribution is 2.36. The summed E-state index contributed by atoms with van der Waals surface area (Å²) in [6, 6.07) is -2.12. The maximum atomic E-state index is 11.7. The molecule has 2 aliphatic heterocycles. The quantitative estimate of drug-likeness (QED) is 0.458. The van der Waals surface area contributed by atoms with Crippen LogP contribution in [0.25, 0.3) is 0 Å². The number of carbonyl (C=O) groups excluding carboxylic acids is 3. The number of carboxylic acid groups (broad SMARTS) is 1. The number of carbonyl (C=O) groups is 4. The number of aliphatic carboxylic acids is 1. The molecule has 2 rings (SSSR count). The molecule has 3 atom stereocenters. The van der Waals surface area contributed by atoms with Gasteiger partial charge in [-0.3, -0.25) is 14.4 Å². The Morgan fingerprint density at radius 3 is 2.65 bits per heavy atom. The third kappa shape index (κ3) is 1.78. The number of nitrogens with one attached hydrogen (secondary N) is 1. The van der Waals surface area contributed by atoms with Gasteiger partial charge >= 0.3 is 5.97 Å². The van der Waals surface area contributed by atoms with Gasteiger partial charge in [0.1, 0.15) is 11.4 Å². The van der Waals surface area contributed by atoms with E-state index in [1.54, 1.807) is 0 Å². The van der Waals surface area contributed by atoms with Crippen LogP contribution < -0.4 is 5.32 Å². The fraction of sp³-hybridized carbons (Fsp3) is 0.556. The monoisotopic (exact) mass is 258 g/mol. The standard InChI is InChI=1S/C9H10N2O5S/c1-3(12)10-5-7(14)11-6(9(15)16)4(13)2-17-8(5)11/h5-6,8H,2H2,1H3,(H,10,12)(H,15,16)/t5?,6?,8-/m0/s1. The van der Waals surface area contributed by atoms with Crippen molar-refractivity contribution in [2.24, 2.45) is 0 Å². The molecule has 0 bridgehead atoms. The zero-order valence-electron chi connectivity index (χ0n) is 8.87. The predicted octanol–water partition coefficient (Wildman–Crippen LogP) is -1.57. The molecule has 0 aromatic carbocycles. The summed E-state index contributed by atoms with van der Waals surface area (Å²) in [7, 11) is 0. The molecule has 0 radical (unpaired) electrons. The maximum Gasteiger partial charge on any atom is 0.334 e. The van der Waals surface area contributed by atoms with E-state index in [1.165, 1.54) is 18.7 Å². The molecule has 0 saturated carbocycles. The Morgan fingerprint density at radius 2 is 2.12 bits per heavy atom. The lowest BCUT2D eigenvalue weighted by molar-refractivity contribution is -0.165. The Hall–Kier alpha value is -1.57. The van der Waals surface area contributed by atoms with Crippen molar-refractivity contribution in [1.82, 2.24) is 10.2 Å². The zero-order chi connectivity index (χ0) is 12.7. The fourth-order valence-corrected chi connectivity index (χ4v) is 3.20. The van der Waals surface area contributed by atoms with Crippen LogP contribution in [0.5, 0.6) is 0 Å². The highest BCUT2D eigenvalue weighted by Gasteiger charge is 2.57. The Balaban J connectivity index is 2.17. The van der Waals surface area contributed by atoms with Gasteiger partial charge in [0.05, 0.1) is 5.75 Å². The summed E-state index contributed by atoms with van der Waals surface area (Å²) in [6.07, 6.45) is 0. The number of rotatable bonds is 2. The molecule has 2 saturated heterocycles. The van der Waals surface area contributed by atoms with Gasteiger partial charge in [0.2, 0.25) is 11.8 Å². The molecule has 7 nitrogen and oxygen atoms in total. The third-order valence-corrected chi connectivity index (χ3v) is 3.94. The van der Waals surface area contributed by atoms with Gasteiger partial charge in [0.25, 0.3) is 0 Å². The molecule has 0 aromatic rings.